The summed E-state index contributed by atoms with van der Waals surface area (Å²) in [5.41, 5.74) is 1.15. The molecule has 1 N–H and O–H groups in total. The number of anilines is 1. The zero-order valence-corrected chi connectivity index (χ0v) is 14.2. The van der Waals surface area contributed by atoms with E-state index in [2.05, 4.69) is 52.4 Å². The molecule has 0 aliphatic rings. The zero-order valence-electron chi connectivity index (χ0n) is 13.3. The summed E-state index contributed by atoms with van der Waals surface area (Å²) in [4.78, 5) is 5.98. The number of thiophene rings is 1. The van der Waals surface area contributed by atoms with E-state index in [1.54, 1.807) is 7.11 Å². The van der Waals surface area contributed by atoms with E-state index >= 15 is 0 Å². The lowest BCUT2D eigenvalue weighted by atomic mass is 9.91. The van der Waals surface area contributed by atoms with E-state index in [0.29, 0.717) is 0 Å². The van der Waals surface area contributed by atoms with Crippen molar-refractivity contribution in [1.82, 2.24) is 9.55 Å². The van der Waals surface area contributed by atoms with Gasteiger partial charge in [0.25, 0.3) is 0 Å². The Kier molecular flexibility index (Phi) is 5.42. The predicted molar refractivity (Wildman–Crippen MR) is 89.3 cm³/mol. The molecule has 0 aromatic carbocycles. The second-order valence-electron chi connectivity index (χ2n) is 5.96. The molecule has 2 heterocycles. The summed E-state index contributed by atoms with van der Waals surface area (Å²) < 4.78 is 7.30. The molecule has 0 fully saturated rings. The zero-order chi connectivity index (χ0) is 15.3. The Bertz CT molecular complexity index is 546. The molecule has 0 aliphatic carbocycles. The normalized spacial score (nSPS) is 11.8. The molecule has 4 nitrogen and oxygen atoms in total. The number of ether oxygens (including phenoxy) is 1. The van der Waals surface area contributed by atoms with Crippen LogP contribution in [0.15, 0.2) is 23.7 Å². The molecule has 0 amide bonds. The van der Waals surface area contributed by atoms with Crippen LogP contribution in [0.3, 0.4) is 0 Å². The topological polar surface area (TPSA) is 39.1 Å². The maximum atomic E-state index is 5.12. The predicted octanol–water partition coefficient (Wildman–Crippen LogP) is 3.68. The quantitative estimate of drug-likeness (QED) is 0.756. The van der Waals surface area contributed by atoms with E-state index in [1.807, 2.05) is 18.3 Å². The van der Waals surface area contributed by atoms with E-state index in [-0.39, 0.29) is 5.41 Å². The van der Waals surface area contributed by atoms with Crippen molar-refractivity contribution in [2.24, 2.45) is 0 Å². The number of aromatic nitrogens is 2. The maximum Gasteiger partial charge on any atom is 0.203 e. The second-order valence-corrected chi connectivity index (χ2v) is 6.91. The molecule has 21 heavy (non-hydrogen) atoms. The fourth-order valence-corrected chi connectivity index (χ4v) is 3.14. The Morgan fingerprint density at radius 3 is 2.90 bits per heavy atom. The van der Waals surface area contributed by atoms with Gasteiger partial charge in [-0.1, -0.05) is 19.9 Å². The summed E-state index contributed by atoms with van der Waals surface area (Å²) in [5, 5.41) is 5.64. The highest BCUT2D eigenvalue weighted by molar-refractivity contribution is 7.10. The van der Waals surface area contributed by atoms with Gasteiger partial charge in [-0.05, 0) is 24.8 Å². The number of nitrogens with one attached hydrogen (secondary N) is 1. The maximum absolute atomic E-state index is 5.12. The monoisotopic (exact) mass is 307 g/mol. The van der Waals surface area contributed by atoms with Crippen LogP contribution in [0.1, 0.15) is 30.8 Å². The van der Waals surface area contributed by atoms with E-state index in [9.17, 15) is 0 Å². The lowest BCUT2D eigenvalue weighted by Gasteiger charge is -2.24. The van der Waals surface area contributed by atoms with Gasteiger partial charge in [0, 0.05) is 43.3 Å². The minimum atomic E-state index is 0.103. The summed E-state index contributed by atoms with van der Waals surface area (Å²) in [6.45, 7) is 9.12. The highest BCUT2D eigenvalue weighted by Crippen LogP contribution is 2.27. The molecule has 0 spiro atoms. The van der Waals surface area contributed by atoms with Crippen LogP contribution >= 0.6 is 11.3 Å². The van der Waals surface area contributed by atoms with Gasteiger partial charge in [-0.25, -0.2) is 4.98 Å². The van der Waals surface area contributed by atoms with E-state index in [4.69, 9.17) is 4.74 Å². The van der Waals surface area contributed by atoms with Crippen molar-refractivity contribution in [2.45, 2.75) is 39.2 Å². The van der Waals surface area contributed by atoms with Gasteiger partial charge in [0.2, 0.25) is 5.95 Å². The smallest absolute Gasteiger partial charge is 0.203 e. The molecule has 0 radical (unpaired) electrons. The lowest BCUT2D eigenvalue weighted by molar-refractivity contribution is 0.190. The minimum Gasteiger partial charge on any atom is -0.385 e. The van der Waals surface area contributed by atoms with Crippen LogP contribution in [0.25, 0.3) is 0 Å². The van der Waals surface area contributed by atoms with Crippen LogP contribution in [0.4, 0.5) is 5.95 Å². The van der Waals surface area contributed by atoms with E-state index in [1.165, 1.54) is 4.88 Å². The summed E-state index contributed by atoms with van der Waals surface area (Å²) in [6, 6.07) is 4.31. The van der Waals surface area contributed by atoms with Gasteiger partial charge >= 0.3 is 0 Å². The number of imidazole rings is 1. The molecular weight excluding hydrogens is 282 g/mol. The standard InChI is InChI=1S/C16H25N3OS/c1-13-11-19(8-6-9-20-4)15(18-13)17-12-16(2,3)14-7-5-10-21-14/h5,7,10-11H,6,8-9,12H2,1-4H3,(H,17,18). The van der Waals surface area contributed by atoms with E-state index in [0.717, 1.165) is 37.8 Å². The molecule has 0 bridgehead atoms. The molecule has 5 heteroatoms. The van der Waals surface area contributed by atoms with Gasteiger partial charge in [-0.2, -0.15) is 0 Å². The van der Waals surface area contributed by atoms with Crippen molar-refractivity contribution in [1.29, 1.82) is 0 Å². The fraction of sp³-hybridized carbons (Fsp3) is 0.562. The van der Waals surface area contributed by atoms with Gasteiger partial charge < -0.3 is 14.6 Å². The SMILES string of the molecule is COCCCn1cc(C)nc1NCC(C)(C)c1cccs1. The molecule has 0 saturated carbocycles. The first-order chi connectivity index (χ1) is 10.0. The number of rotatable bonds is 8. The van der Waals surface area contributed by atoms with Gasteiger partial charge in [-0.15, -0.1) is 11.3 Å². The number of hydrogen-bond acceptors (Lipinski definition) is 4. The highest BCUT2D eigenvalue weighted by atomic mass is 32.1. The first-order valence-corrected chi connectivity index (χ1v) is 8.21. The summed E-state index contributed by atoms with van der Waals surface area (Å²) >= 11 is 1.81. The second kappa shape index (κ2) is 7.09. The van der Waals surface area contributed by atoms with Crippen LogP contribution in [0.2, 0.25) is 0 Å². The van der Waals surface area contributed by atoms with Crippen LogP contribution < -0.4 is 5.32 Å². The van der Waals surface area contributed by atoms with Crippen LogP contribution in [-0.2, 0) is 16.7 Å². The average Bonchev–Trinajstić information content (AvgIpc) is 3.07. The van der Waals surface area contributed by atoms with Crippen molar-refractivity contribution in [3.8, 4) is 0 Å². The lowest BCUT2D eigenvalue weighted by Crippen LogP contribution is -2.27. The molecule has 0 atom stereocenters. The number of methoxy groups -OCH3 is 1. The molecule has 2 aromatic heterocycles. The molecule has 0 saturated heterocycles. The Morgan fingerprint density at radius 2 is 2.24 bits per heavy atom. The Labute approximate surface area is 131 Å². The van der Waals surface area contributed by atoms with Crippen LogP contribution in [0, 0.1) is 6.92 Å². The molecule has 0 aliphatic heterocycles. The number of hydrogen-bond donors (Lipinski definition) is 1. The molecule has 2 aromatic rings. The number of nitrogens with zero attached hydrogens (tertiary/aromatic N) is 2. The van der Waals surface area contributed by atoms with Crippen LogP contribution in [-0.4, -0.2) is 29.8 Å². The average molecular weight is 307 g/mol. The van der Waals surface area contributed by atoms with Crippen molar-refractivity contribution in [3.63, 3.8) is 0 Å². The van der Waals surface area contributed by atoms with Crippen molar-refractivity contribution in [3.05, 3.63) is 34.3 Å². The van der Waals surface area contributed by atoms with Gasteiger partial charge in [-0.3, -0.25) is 0 Å². The summed E-state index contributed by atoms with van der Waals surface area (Å²) in [5.74, 6) is 0.952. The third kappa shape index (κ3) is 4.32. The molecule has 0 unspecified atom stereocenters. The van der Waals surface area contributed by atoms with Gasteiger partial charge in [0.05, 0.1) is 5.69 Å². The Balaban J connectivity index is 1.99. The Hall–Kier alpha value is -1.33. The van der Waals surface area contributed by atoms with Gasteiger partial charge in [0.1, 0.15) is 0 Å². The minimum absolute atomic E-state index is 0.103. The summed E-state index contributed by atoms with van der Waals surface area (Å²) in [6.07, 6.45) is 3.09. The Morgan fingerprint density at radius 1 is 1.43 bits per heavy atom. The van der Waals surface area contributed by atoms with E-state index < -0.39 is 0 Å². The number of aryl methyl sites for hydroxylation is 2. The third-order valence-corrected chi connectivity index (χ3v) is 4.76. The summed E-state index contributed by atoms with van der Waals surface area (Å²) in [7, 11) is 1.74. The fourth-order valence-electron chi connectivity index (χ4n) is 2.29. The molecule has 116 valence electrons. The first-order valence-electron chi connectivity index (χ1n) is 7.33. The largest absolute Gasteiger partial charge is 0.385 e. The first kappa shape index (κ1) is 16.0. The third-order valence-electron chi connectivity index (χ3n) is 3.52. The highest BCUT2D eigenvalue weighted by Gasteiger charge is 2.22. The van der Waals surface area contributed by atoms with Crippen LogP contribution in [0.5, 0.6) is 0 Å². The molecule has 2 rings (SSSR count). The molecular formula is C16H25N3OS. The van der Waals surface area contributed by atoms with Crippen molar-refractivity contribution >= 4 is 17.3 Å². The van der Waals surface area contributed by atoms with Crippen molar-refractivity contribution < 1.29 is 4.74 Å². The van der Waals surface area contributed by atoms with Crippen molar-refractivity contribution in [2.75, 3.05) is 25.6 Å². The van der Waals surface area contributed by atoms with Gasteiger partial charge in [0.15, 0.2) is 0 Å².